The van der Waals surface area contributed by atoms with Gasteiger partial charge < -0.3 is 4.90 Å². The van der Waals surface area contributed by atoms with Gasteiger partial charge in [0.2, 0.25) is 5.95 Å². The summed E-state index contributed by atoms with van der Waals surface area (Å²) < 4.78 is 1.65. The molecule has 7 nitrogen and oxygen atoms in total. The number of fused-ring (bicyclic) bond motifs is 1. The van der Waals surface area contributed by atoms with Gasteiger partial charge in [0.15, 0.2) is 5.78 Å². The van der Waals surface area contributed by atoms with Gasteiger partial charge in [-0.3, -0.25) is 24.1 Å². The Bertz CT molecular complexity index is 1290. The molecule has 0 N–H and O–H groups in total. The molecular weight excluding hydrogens is 402 g/mol. The molecule has 0 radical (unpaired) electrons. The number of anilines is 1. The van der Waals surface area contributed by atoms with Gasteiger partial charge in [0.05, 0.1) is 18.3 Å². The van der Waals surface area contributed by atoms with Gasteiger partial charge in [0.25, 0.3) is 5.56 Å². The Hall–Kier alpha value is -4.13. The van der Waals surface area contributed by atoms with Crippen LogP contribution in [0, 0.1) is 0 Å². The Kier molecular flexibility index (Phi) is 5.29. The van der Waals surface area contributed by atoms with E-state index < -0.39 is 0 Å². The molecule has 3 aromatic heterocycles. The lowest BCUT2D eigenvalue weighted by molar-refractivity contribution is 0.0994. The number of nitrogens with zero attached hydrogens (tertiary/aromatic N) is 5. The highest BCUT2D eigenvalue weighted by Gasteiger charge is 2.31. The summed E-state index contributed by atoms with van der Waals surface area (Å²) in [7, 11) is 0. The summed E-state index contributed by atoms with van der Waals surface area (Å²) in [5.74, 6) is 0.475. The van der Waals surface area contributed by atoms with E-state index in [0.717, 1.165) is 11.1 Å². The number of rotatable bonds is 5. The monoisotopic (exact) mass is 423 g/mol. The van der Waals surface area contributed by atoms with Gasteiger partial charge in [-0.2, -0.15) is 0 Å². The molecule has 4 heterocycles. The second-order valence-electron chi connectivity index (χ2n) is 7.67. The highest BCUT2D eigenvalue weighted by Crippen LogP contribution is 2.34. The van der Waals surface area contributed by atoms with Crippen LogP contribution in [0.25, 0.3) is 11.3 Å². The van der Waals surface area contributed by atoms with Gasteiger partial charge >= 0.3 is 0 Å². The molecule has 0 saturated heterocycles. The summed E-state index contributed by atoms with van der Waals surface area (Å²) in [6.07, 6.45) is 7.52. The van der Waals surface area contributed by atoms with Crippen molar-refractivity contribution in [3.63, 3.8) is 0 Å². The van der Waals surface area contributed by atoms with E-state index in [0.29, 0.717) is 30.2 Å². The van der Waals surface area contributed by atoms with Crippen molar-refractivity contribution in [2.24, 2.45) is 0 Å². The van der Waals surface area contributed by atoms with E-state index in [1.807, 2.05) is 59.5 Å². The smallest absolute Gasteiger partial charge is 0.255 e. The number of benzene rings is 1. The molecule has 0 spiro atoms. The first kappa shape index (κ1) is 19.8. The van der Waals surface area contributed by atoms with Crippen LogP contribution >= 0.6 is 0 Å². The zero-order chi connectivity index (χ0) is 21.9. The van der Waals surface area contributed by atoms with Crippen LogP contribution in [0.3, 0.4) is 0 Å². The molecule has 158 valence electrons. The van der Waals surface area contributed by atoms with Crippen molar-refractivity contribution in [1.82, 2.24) is 19.5 Å². The molecule has 0 saturated carbocycles. The van der Waals surface area contributed by atoms with Gasteiger partial charge in [0.1, 0.15) is 0 Å². The summed E-state index contributed by atoms with van der Waals surface area (Å²) >= 11 is 0. The van der Waals surface area contributed by atoms with E-state index >= 15 is 0 Å². The van der Waals surface area contributed by atoms with E-state index in [-0.39, 0.29) is 23.9 Å². The summed E-state index contributed by atoms with van der Waals surface area (Å²) in [6.45, 7) is 0.643. The molecule has 32 heavy (non-hydrogen) atoms. The van der Waals surface area contributed by atoms with Crippen molar-refractivity contribution >= 4 is 11.7 Å². The predicted molar refractivity (Wildman–Crippen MR) is 121 cm³/mol. The standard InChI is InChI=1S/C25H21N5O2/c31-23(20-4-2-1-3-5-20)17-30-22(19-8-13-27-14-9-19)10-15-29-24(32)16-21(28-25(29)30)18-6-11-26-12-7-18/h1-9,11-14,16,22H,10,15,17H2. The van der Waals surface area contributed by atoms with Crippen molar-refractivity contribution in [3.8, 4) is 11.3 Å². The van der Waals surface area contributed by atoms with Gasteiger partial charge in [-0.25, -0.2) is 4.98 Å². The topological polar surface area (TPSA) is 81.0 Å². The average Bonchev–Trinajstić information content (AvgIpc) is 2.86. The summed E-state index contributed by atoms with van der Waals surface area (Å²) in [4.78, 5) is 41.1. The molecule has 0 bridgehead atoms. The zero-order valence-corrected chi connectivity index (χ0v) is 17.3. The number of ketones is 1. The lowest BCUT2D eigenvalue weighted by atomic mass is 10.00. The molecule has 1 atom stereocenters. The fourth-order valence-electron chi connectivity index (χ4n) is 4.12. The maximum absolute atomic E-state index is 13.2. The third-order valence-electron chi connectivity index (χ3n) is 5.72. The fraction of sp³-hybridized carbons (Fsp3) is 0.160. The number of carbonyl (C=O) groups excluding carboxylic acids is 1. The maximum atomic E-state index is 13.2. The minimum atomic E-state index is -0.132. The van der Waals surface area contributed by atoms with E-state index in [1.54, 1.807) is 35.4 Å². The summed E-state index contributed by atoms with van der Waals surface area (Å²) in [5.41, 5.74) is 2.91. The molecule has 1 aliphatic heterocycles. The predicted octanol–water partition coefficient (Wildman–Crippen LogP) is 3.53. The largest absolute Gasteiger partial charge is 0.327 e. The molecule has 1 unspecified atom stereocenters. The van der Waals surface area contributed by atoms with Crippen LogP contribution < -0.4 is 10.5 Å². The number of carbonyl (C=O) groups is 1. The molecule has 0 amide bonds. The second-order valence-corrected chi connectivity index (χ2v) is 7.67. The third kappa shape index (κ3) is 3.80. The lowest BCUT2D eigenvalue weighted by Gasteiger charge is -2.38. The number of pyridine rings is 2. The van der Waals surface area contributed by atoms with Gasteiger partial charge in [-0.1, -0.05) is 30.3 Å². The first-order chi connectivity index (χ1) is 15.7. The minimum Gasteiger partial charge on any atom is -0.327 e. The van der Waals surface area contributed by atoms with Crippen molar-refractivity contribution < 1.29 is 4.79 Å². The van der Waals surface area contributed by atoms with E-state index in [1.165, 1.54) is 0 Å². The first-order valence-electron chi connectivity index (χ1n) is 10.5. The highest BCUT2D eigenvalue weighted by molar-refractivity contribution is 5.99. The van der Waals surface area contributed by atoms with E-state index in [9.17, 15) is 9.59 Å². The van der Waals surface area contributed by atoms with Crippen molar-refractivity contribution in [2.75, 3.05) is 11.4 Å². The Morgan fingerprint density at radius 1 is 0.938 bits per heavy atom. The minimum absolute atomic E-state index is 0.0262. The normalized spacial score (nSPS) is 15.2. The number of aromatic nitrogens is 4. The van der Waals surface area contributed by atoms with Crippen LogP contribution in [-0.4, -0.2) is 31.8 Å². The Morgan fingerprint density at radius 2 is 1.62 bits per heavy atom. The van der Waals surface area contributed by atoms with Crippen LogP contribution in [0.4, 0.5) is 5.95 Å². The molecule has 4 aromatic rings. The molecule has 7 heteroatoms. The fourth-order valence-corrected chi connectivity index (χ4v) is 4.12. The van der Waals surface area contributed by atoms with Crippen LogP contribution in [0.1, 0.15) is 28.4 Å². The number of hydrogen-bond acceptors (Lipinski definition) is 6. The molecule has 1 aliphatic rings. The molecule has 5 rings (SSSR count). The Morgan fingerprint density at radius 3 is 2.34 bits per heavy atom. The van der Waals surface area contributed by atoms with Crippen molar-refractivity contribution in [2.45, 2.75) is 19.0 Å². The van der Waals surface area contributed by atoms with Gasteiger partial charge in [-0.05, 0) is 36.2 Å². The average molecular weight is 423 g/mol. The zero-order valence-electron chi connectivity index (χ0n) is 17.3. The second kappa shape index (κ2) is 8.55. The van der Waals surface area contributed by atoms with E-state index in [4.69, 9.17) is 4.98 Å². The van der Waals surface area contributed by atoms with Crippen molar-refractivity contribution in [3.05, 3.63) is 107 Å². The van der Waals surface area contributed by atoms with Gasteiger partial charge in [-0.15, -0.1) is 0 Å². The van der Waals surface area contributed by atoms with Crippen molar-refractivity contribution in [1.29, 1.82) is 0 Å². The van der Waals surface area contributed by atoms with Gasteiger partial charge in [0, 0.05) is 48.5 Å². The van der Waals surface area contributed by atoms with Crippen LogP contribution in [-0.2, 0) is 6.54 Å². The van der Waals surface area contributed by atoms with E-state index in [2.05, 4.69) is 9.97 Å². The number of hydrogen-bond donors (Lipinski definition) is 0. The van der Waals surface area contributed by atoms with Crippen LogP contribution in [0.2, 0.25) is 0 Å². The molecule has 0 fully saturated rings. The SMILES string of the molecule is O=C(CN1c2nc(-c3ccncc3)cc(=O)n2CCC1c1ccncc1)c1ccccc1. The quantitative estimate of drug-likeness (QED) is 0.457. The molecule has 1 aromatic carbocycles. The summed E-state index contributed by atoms with van der Waals surface area (Å²) in [5, 5.41) is 0. The lowest BCUT2D eigenvalue weighted by Crippen LogP contribution is -2.43. The first-order valence-corrected chi connectivity index (χ1v) is 10.5. The number of Topliss-reactive ketones (excluding diaryl/α,β-unsaturated/α-hetero) is 1. The Labute approximate surface area is 185 Å². The maximum Gasteiger partial charge on any atom is 0.255 e. The summed E-state index contributed by atoms with van der Waals surface area (Å²) in [6, 6.07) is 18.2. The van der Waals surface area contributed by atoms with Crippen LogP contribution in [0.5, 0.6) is 0 Å². The highest BCUT2D eigenvalue weighted by atomic mass is 16.1. The third-order valence-corrected chi connectivity index (χ3v) is 5.72. The molecule has 0 aliphatic carbocycles. The van der Waals surface area contributed by atoms with Crippen LogP contribution in [0.15, 0.2) is 90.2 Å². The Balaban J connectivity index is 1.61. The molecular formula is C25H21N5O2.